The summed E-state index contributed by atoms with van der Waals surface area (Å²) in [6.45, 7) is 2.59. The molecule has 19 heavy (non-hydrogen) atoms. The van der Waals surface area contributed by atoms with Crippen LogP contribution in [0.2, 0.25) is 0 Å². The van der Waals surface area contributed by atoms with Crippen molar-refractivity contribution in [2.24, 2.45) is 0 Å². The number of nitro benzene ring substituents is 1. The third-order valence-corrected chi connectivity index (χ3v) is 3.63. The van der Waals surface area contributed by atoms with Crippen molar-refractivity contribution < 1.29 is 10.0 Å². The van der Waals surface area contributed by atoms with Crippen molar-refractivity contribution in [1.82, 2.24) is 0 Å². The smallest absolute Gasteiger partial charge is 0.292 e. The van der Waals surface area contributed by atoms with Gasteiger partial charge in [-0.05, 0) is 38.7 Å². The van der Waals surface area contributed by atoms with E-state index in [1.807, 2.05) is 6.07 Å². The summed E-state index contributed by atoms with van der Waals surface area (Å²) in [5, 5.41) is 20.7. The predicted molar refractivity (Wildman–Crippen MR) is 74.4 cm³/mol. The zero-order valence-corrected chi connectivity index (χ0v) is 11.2. The molecule has 1 aromatic carbocycles. The highest BCUT2D eigenvalue weighted by atomic mass is 16.6. The molecule has 5 heteroatoms. The van der Waals surface area contributed by atoms with E-state index in [1.165, 1.54) is 0 Å². The van der Waals surface area contributed by atoms with E-state index in [1.54, 1.807) is 25.1 Å². The lowest BCUT2D eigenvalue weighted by Gasteiger charge is -2.37. The Kier molecular flexibility index (Phi) is 4.37. The minimum absolute atomic E-state index is 0.153. The average Bonchev–Trinajstić information content (AvgIpc) is 2.38. The maximum absolute atomic E-state index is 11.1. The molecule has 1 saturated heterocycles. The molecule has 1 N–H and O–H groups in total. The van der Waals surface area contributed by atoms with Crippen LogP contribution in [0.4, 0.5) is 11.4 Å². The van der Waals surface area contributed by atoms with Gasteiger partial charge in [0.15, 0.2) is 0 Å². The SMILES string of the molecule is C[C@@H](O)C[C@H]1CCCCN1c1ccccc1[N+](=O)[O-]. The van der Waals surface area contributed by atoms with Crippen LogP contribution in [0.15, 0.2) is 24.3 Å². The van der Waals surface area contributed by atoms with Crippen LogP contribution < -0.4 is 4.90 Å². The summed E-state index contributed by atoms with van der Waals surface area (Å²) in [5.41, 5.74) is 0.831. The Morgan fingerprint density at radius 3 is 2.89 bits per heavy atom. The zero-order valence-electron chi connectivity index (χ0n) is 11.2. The molecule has 2 rings (SSSR count). The maximum atomic E-state index is 11.1. The second kappa shape index (κ2) is 6.02. The number of nitrogens with zero attached hydrogens (tertiary/aromatic N) is 2. The predicted octanol–water partition coefficient (Wildman–Crippen LogP) is 2.72. The molecule has 0 amide bonds. The number of benzene rings is 1. The number of hydrogen-bond donors (Lipinski definition) is 1. The molecular weight excluding hydrogens is 244 g/mol. The van der Waals surface area contributed by atoms with E-state index in [2.05, 4.69) is 4.90 Å². The minimum atomic E-state index is -0.381. The normalized spacial score (nSPS) is 21.2. The molecule has 5 nitrogen and oxygen atoms in total. The van der Waals surface area contributed by atoms with Crippen LogP contribution in [0.1, 0.15) is 32.6 Å². The zero-order chi connectivity index (χ0) is 13.8. The van der Waals surface area contributed by atoms with Crippen LogP contribution in [-0.4, -0.2) is 28.7 Å². The van der Waals surface area contributed by atoms with Crippen LogP contribution in [0, 0.1) is 10.1 Å². The lowest BCUT2D eigenvalue weighted by atomic mass is 9.96. The molecule has 0 unspecified atom stereocenters. The van der Waals surface area contributed by atoms with Gasteiger partial charge in [-0.2, -0.15) is 0 Å². The van der Waals surface area contributed by atoms with Gasteiger partial charge in [0.1, 0.15) is 5.69 Å². The van der Waals surface area contributed by atoms with E-state index in [-0.39, 0.29) is 22.8 Å². The molecule has 0 spiro atoms. The Bertz CT molecular complexity index is 448. The molecule has 104 valence electrons. The van der Waals surface area contributed by atoms with Crippen molar-refractivity contribution in [3.8, 4) is 0 Å². The van der Waals surface area contributed by atoms with Crippen molar-refractivity contribution in [2.75, 3.05) is 11.4 Å². The van der Waals surface area contributed by atoms with E-state index in [4.69, 9.17) is 0 Å². The minimum Gasteiger partial charge on any atom is -0.393 e. The topological polar surface area (TPSA) is 66.6 Å². The van der Waals surface area contributed by atoms with E-state index in [0.717, 1.165) is 25.8 Å². The van der Waals surface area contributed by atoms with Crippen LogP contribution in [0.25, 0.3) is 0 Å². The van der Waals surface area contributed by atoms with Gasteiger partial charge in [0.2, 0.25) is 0 Å². The number of rotatable bonds is 4. The largest absolute Gasteiger partial charge is 0.393 e. The number of aliphatic hydroxyl groups is 1. The number of nitro groups is 1. The monoisotopic (exact) mass is 264 g/mol. The summed E-state index contributed by atoms with van der Waals surface area (Å²) in [4.78, 5) is 12.9. The van der Waals surface area contributed by atoms with Gasteiger partial charge < -0.3 is 10.0 Å². The fraction of sp³-hybridized carbons (Fsp3) is 0.571. The standard InChI is InChI=1S/C14H20N2O3/c1-11(17)10-12-6-4-5-9-15(12)13-7-2-3-8-14(13)16(18)19/h2-3,7-8,11-12,17H,4-6,9-10H2,1H3/t11-,12-/m1/s1. The van der Waals surface area contributed by atoms with Crippen LogP contribution >= 0.6 is 0 Å². The Hall–Kier alpha value is -1.62. The third-order valence-electron chi connectivity index (χ3n) is 3.63. The van der Waals surface area contributed by atoms with Gasteiger partial charge in [0, 0.05) is 18.7 Å². The van der Waals surface area contributed by atoms with Crippen molar-refractivity contribution in [1.29, 1.82) is 0 Å². The molecule has 1 aromatic rings. The van der Waals surface area contributed by atoms with Crippen molar-refractivity contribution >= 4 is 11.4 Å². The summed E-state index contributed by atoms with van der Waals surface area (Å²) in [5.74, 6) is 0. The third kappa shape index (κ3) is 3.23. The van der Waals surface area contributed by atoms with Gasteiger partial charge in [-0.1, -0.05) is 12.1 Å². The van der Waals surface area contributed by atoms with Crippen molar-refractivity contribution in [3.63, 3.8) is 0 Å². The maximum Gasteiger partial charge on any atom is 0.292 e. The number of para-hydroxylation sites is 2. The van der Waals surface area contributed by atoms with Gasteiger partial charge in [-0.3, -0.25) is 10.1 Å². The molecule has 0 radical (unpaired) electrons. The first-order valence-electron chi connectivity index (χ1n) is 6.77. The van der Waals surface area contributed by atoms with Crippen molar-refractivity contribution in [2.45, 2.75) is 44.8 Å². The summed E-state index contributed by atoms with van der Waals surface area (Å²) < 4.78 is 0. The van der Waals surface area contributed by atoms with E-state index in [9.17, 15) is 15.2 Å². The second-order valence-electron chi connectivity index (χ2n) is 5.17. The van der Waals surface area contributed by atoms with Crippen LogP contribution in [0.3, 0.4) is 0 Å². The molecule has 0 bridgehead atoms. The van der Waals surface area contributed by atoms with Crippen molar-refractivity contribution in [3.05, 3.63) is 34.4 Å². The first kappa shape index (κ1) is 13.8. The number of piperidine rings is 1. The average molecular weight is 264 g/mol. The molecule has 0 aliphatic carbocycles. The van der Waals surface area contributed by atoms with Gasteiger partial charge in [0.25, 0.3) is 5.69 Å². The lowest BCUT2D eigenvalue weighted by molar-refractivity contribution is -0.384. The molecule has 1 aliphatic rings. The number of anilines is 1. The highest BCUT2D eigenvalue weighted by Crippen LogP contribution is 2.33. The Balaban J connectivity index is 2.29. The molecule has 0 aromatic heterocycles. The molecule has 1 fully saturated rings. The van der Waals surface area contributed by atoms with Crippen LogP contribution in [-0.2, 0) is 0 Å². The highest BCUT2D eigenvalue weighted by molar-refractivity contribution is 5.63. The Morgan fingerprint density at radius 2 is 2.21 bits per heavy atom. The van der Waals surface area contributed by atoms with Gasteiger partial charge in [-0.25, -0.2) is 0 Å². The van der Waals surface area contributed by atoms with Gasteiger partial charge in [-0.15, -0.1) is 0 Å². The number of hydrogen-bond acceptors (Lipinski definition) is 4. The summed E-state index contributed by atoms with van der Waals surface area (Å²) >= 11 is 0. The molecular formula is C14H20N2O3. The fourth-order valence-electron chi connectivity index (χ4n) is 2.82. The summed E-state index contributed by atoms with van der Waals surface area (Å²) in [6.07, 6.45) is 3.42. The van der Waals surface area contributed by atoms with Gasteiger partial charge in [0.05, 0.1) is 11.0 Å². The molecule has 1 aliphatic heterocycles. The van der Waals surface area contributed by atoms with Gasteiger partial charge >= 0.3 is 0 Å². The number of aliphatic hydroxyl groups excluding tert-OH is 1. The second-order valence-corrected chi connectivity index (χ2v) is 5.17. The molecule has 1 heterocycles. The van der Waals surface area contributed by atoms with Crippen LogP contribution in [0.5, 0.6) is 0 Å². The summed E-state index contributed by atoms with van der Waals surface area (Å²) in [6, 6.07) is 7.06. The van der Waals surface area contributed by atoms with E-state index in [0.29, 0.717) is 12.1 Å². The first-order valence-corrected chi connectivity index (χ1v) is 6.77. The highest BCUT2D eigenvalue weighted by Gasteiger charge is 2.28. The van der Waals surface area contributed by atoms with E-state index >= 15 is 0 Å². The first-order chi connectivity index (χ1) is 9.09. The Morgan fingerprint density at radius 1 is 1.47 bits per heavy atom. The summed E-state index contributed by atoms with van der Waals surface area (Å²) in [7, 11) is 0. The quantitative estimate of drug-likeness (QED) is 0.670. The lowest BCUT2D eigenvalue weighted by Crippen LogP contribution is -2.41. The molecule has 2 atom stereocenters. The fourth-order valence-corrected chi connectivity index (χ4v) is 2.82. The molecule has 0 saturated carbocycles. The Labute approximate surface area is 113 Å². The van der Waals surface area contributed by atoms with E-state index < -0.39 is 0 Å².